The molecule has 0 saturated heterocycles. The molecule has 1 aromatic rings. The van der Waals surface area contributed by atoms with Crippen LogP contribution in [0.2, 0.25) is 0 Å². The van der Waals surface area contributed by atoms with E-state index < -0.39 is 24.3 Å². The first-order valence-electron chi connectivity index (χ1n) is 13.0. The van der Waals surface area contributed by atoms with Crippen LogP contribution in [0.3, 0.4) is 0 Å². The van der Waals surface area contributed by atoms with Gasteiger partial charge >= 0.3 is 12.3 Å². The van der Waals surface area contributed by atoms with Crippen LogP contribution >= 0.6 is 0 Å². The van der Waals surface area contributed by atoms with Gasteiger partial charge in [0, 0.05) is 6.42 Å². The molecular weight excluding hydrogens is 451 g/mol. The molecule has 2 aliphatic carbocycles. The number of hydrogen-bond acceptors (Lipinski definition) is 2. The Kier molecular flexibility index (Phi) is 8.10. The van der Waals surface area contributed by atoms with Crippen LogP contribution in [0.4, 0.5) is 22.0 Å². The van der Waals surface area contributed by atoms with Gasteiger partial charge in [-0.05, 0) is 79.5 Å². The third-order valence-electron chi connectivity index (χ3n) is 8.41. The first kappa shape index (κ1) is 25.7. The van der Waals surface area contributed by atoms with Crippen molar-refractivity contribution in [2.24, 2.45) is 23.7 Å². The fourth-order valence-corrected chi connectivity index (χ4v) is 6.27. The lowest BCUT2D eigenvalue weighted by Gasteiger charge is -2.39. The number of rotatable bonds is 7. The minimum atomic E-state index is -4.44. The van der Waals surface area contributed by atoms with E-state index in [-0.39, 0.29) is 18.8 Å². The van der Waals surface area contributed by atoms with Gasteiger partial charge in [0.05, 0.1) is 12.5 Å². The van der Waals surface area contributed by atoms with Crippen molar-refractivity contribution in [3.05, 3.63) is 29.3 Å². The monoisotopic (exact) mass is 488 g/mol. The van der Waals surface area contributed by atoms with Gasteiger partial charge in [0.15, 0.2) is 6.10 Å². The standard InChI is InChI=1S/C27H37F5O2/c1-2-3-4-18-5-7-19(8-6-18)20-9-12-23(13-10-20)27(31,32)34-24-14-11-21-16-25(26(28,29)30)33-17-22(21)15-24/h11,14-15,18-20,23,25H,2-10,12-13,16-17H2,1H3. The second kappa shape index (κ2) is 10.7. The SMILES string of the molecule is CCCCC1CCC(C2CCC(C(F)(F)Oc3ccc4c(c3)COC(C(F)(F)F)C4)CC2)CC1. The Morgan fingerprint density at radius 1 is 0.882 bits per heavy atom. The highest BCUT2D eigenvalue weighted by Gasteiger charge is 2.46. The Hall–Kier alpha value is -1.37. The van der Waals surface area contributed by atoms with Gasteiger partial charge in [-0.3, -0.25) is 0 Å². The molecule has 4 rings (SSSR count). The van der Waals surface area contributed by atoms with Crippen LogP contribution in [0.5, 0.6) is 5.75 Å². The van der Waals surface area contributed by atoms with E-state index in [4.69, 9.17) is 9.47 Å². The molecule has 1 aliphatic heterocycles. The van der Waals surface area contributed by atoms with Gasteiger partial charge < -0.3 is 9.47 Å². The molecule has 2 nitrogen and oxygen atoms in total. The van der Waals surface area contributed by atoms with Crippen molar-refractivity contribution in [3.63, 3.8) is 0 Å². The molecule has 1 heterocycles. The summed E-state index contributed by atoms with van der Waals surface area (Å²) in [6.07, 6.45) is 1.61. The quantitative estimate of drug-likeness (QED) is 0.358. The first-order chi connectivity index (χ1) is 16.2. The second-order valence-corrected chi connectivity index (χ2v) is 10.7. The van der Waals surface area contributed by atoms with Crippen molar-refractivity contribution in [1.29, 1.82) is 0 Å². The van der Waals surface area contributed by atoms with Crippen LogP contribution in [0, 0.1) is 23.7 Å². The summed E-state index contributed by atoms with van der Waals surface area (Å²) in [5, 5.41) is 0. The maximum Gasteiger partial charge on any atom is 0.414 e. The Morgan fingerprint density at radius 3 is 2.15 bits per heavy atom. The lowest BCUT2D eigenvalue weighted by Crippen LogP contribution is -2.38. The van der Waals surface area contributed by atoms with E-state index in [9.17, 15) is 22.0 Å². The normalized spacial score (nSPS) is 30.6. The highest BCUT2D eigenvalue weighted by Crippen LogP contribution is 2.46. The molecule has 2 saturated carbocycles. The molecule has 1 atom stereocenters. The fraction of sp³-hybridized carbons (Fsp3) is 0.778. The van der Waals surface area contributed by atoms with Gasteiger partial charge in [0.25, 0.3) is 0 Å². The highest BCUT2D eigenvalue weighted by molar-refractivity contribution is 5.37. The number of alkyl halides is 5. The van der Waals surface area contributed by atoms with Gasteiger partial charge in [0.2, 0.25) is 0 Å². The van der Waals surface area contributed by atoms with Crippen molar-refractivity contribution >= 4 is 0 Å². The maximum atomic E-state index is 15.0. The number of ether oxygens (including phenoxy) is 2. The number of benzene rings is 1. The molecule has 1 aromatic carbocycles. The van der Waals surface area contributed by atoms with E-state index in [0.29, 0.717) is 35.8 Å². The van der Waals surface area contributed by atoms with Crippen molar-refractivity contribution in [3.8, 4) is 5.75 Å². The van der Waals surface area contributed by atoms with Crippen LogP contribution in [0.1, 0.15) is 88.7 Å². The summed E-state index contributed by atoms with van der Waals surface area (Å²) in [4.78, 5) is 0. The number of hydrogen-bond donors (Lipinski definition) is 0. The maximum absolute atomic E-state index is 15.0. The molecule has 1 unspecified atom stereocenters. The van der Waals surface area contributed by atoms with Gasteiger partial charge in [-0.15, -0.1) is 0 Å². The second-order valence-electron chi connectivity index (χ2n) is 10.7. The summed E-state index contributed by atoms with van der Waals surface area (Å²) < 4.78 is 78.7. The highest BCUT2D eigenvalue weighted by atomic mass is 19.4. The Bertz CT molecular complexity index is 793. The molecule has 0 spiro atoms. The van der Waals surface area contributed by atoms with Crippen LogP contribution in [0.25, 0.3) is 0 Å². The summed E-state index contributed by atoms with van der Waals surface area (Å²) in [7, 11) is 0. The Morgan fingerprint density at radius 2 is 1.53 bits per heavy atom. The molecule has 0 radical (unpaired) electrons. The van der Waals surface area contributed by atoms with Gasteiger partial charge in [0.1, 0.15) is 5.75 Å². The van der Waals surface area contributed by atoms with Gasteiger partial charge in [-0.2, -0.15) is 22.0 Å². The van der Waals surface area contributed by atoms with Crippen LogP contribution < -0.4 is 4.74 Å². The molecule has 34 heavy (non-hydrogen) atoms. The van der Waals surface area contributed by atoms with Crippen molar-refractivity contribution in [2.45, 2.75) is 109 Å². The van der Waals surface area contributed by atoms with E-state index in [1.54, 1.807) is 0 Å². The smallest absolute Gasteiger partial charge is 0.414 e. The van der Waals surface area contributed by atoms with Crippen molar-refractivity contribution in [2.75, 3.05) is 0 Å². The summed E-state index contributed by atoms with van der Waals surface area (Å²) in [6, 6.07) is 4.21. The molecule has 0 amide bonds. The lowest BCUT2D eigenvalue weighted by atomic mass is 9.68. The number of halogens is 5. The zero-order valence-corrected chi connectivity index (χ0v) is 20.0. The minimum Gasteiger partial charge on any atom is -0.432 e. The third kappa shape index (κ3) is 6.24. The van der Waals surface area contributed by atoms with E-state index in [1.807, 2.05) is 0 Å². The number of fused-ring (bicyclic) bond motifs is 1. The fourth-order valence-electron chi connectivity index (χ4n) is 6.27. The molecule has 2 fully saturated rings. The van der Waals surface area contributed by atoms with Crippen LogP contribution in [0.15, 0.2) is 18.2 Å². The number of unbranched alkanes of at least 4 members (excludes halogenated alkanes) is 1. The third-order valence-corrected chi connectivity index (χ3v) is 8.41. The molecule has 0 aromatic heterocycles. The molecule has 0 bridgehead atoms. The van der Waals surface area contributed by atoms with E-state index in [0.717, 1.165) is 18.8 Å². The topological polar surface area (TPSA) is 18.5 Å². The minimum absolute atomic E-state index is 0.00895. The average molecular weight is 489 g/mol. The molecule has 192 valence electrons. The van der Waals surface area contributed by atoms with E-state index >= 15 is 0 Å². The summed E-state index contributed by atoms with van der Waals surface area (Å²) in [6.45, 7) is 1.98. The van der Waals surface area contributed by atoms with Crippen molar-refractivity contribution < 1.29 is 31.4 Å². The summed E-state index contributed by atoms with van der Waals surface area (Å²) in [5.74, 6) is 1.24. The first-order valence-corrected chi connectivity index (χ1v) is 13.0. The molecular formula is C27H37F5O2. The molecule has 3 aliphatic rings. The average Bonchev–Trinajstić information content (AvgIpc) is 2.82. The zero-order valence-electron chi connectivity index (χ0n) is 20.0. The van der Waals surface area contributed by atoms with E-state index in [2.05, 4.69) is 6.92 Å². The molecule has 7 heteroatoms. The largest absolute Gasteiger partial charge is 0.432 e. The predicted octanol–water partition coefficient (Wildman–Crippen LogP) is 8.46. The summed E-state index contributed by atoms with van der Waals surface area (Å²) >= 11 is 0. The van der Waals surface area contributed by atoms with Crippen LogP contribution in [-0.4, -0.2) is 18.4 Å². The van der Waals surface area contributed by atoms with Crippen molar-refractivity contribution in [1.82, 2.24) is 0 Å². The Labute approximate surface area is 199 Å². The predicted molar refractivity (Wildman–Crippen MR) is 121 cm³/mol. The van der Waals surface area contributed by atoms with Gasteiger partial charge in [-0.25, -0.2) is 0 Å². The van der Waals surface area contributed by atoms with E-state index in [1.165, 1.54) is 63.1 Å². The Balaban J connectivity index is 1.27. The lowest BCUT2D eigenvalue weighted by molar-refractivity contribution is -0.227. The zero-order chi connectivity index (χ0) is 24.3. The van der Waals surface area contributed by atoms with Crippen LogP contribution in [-0.2, 0) is 17.8 Å². The molecule has 0 N–H and O–H groups in total. The summed E-state index contributed by atoms with van der Waals surface area (Å²) in [5.41, 5.74) is 0.946. The van der Waals surface area contributed by atoms with Gasteiger partial charge in [-0.1, -0.05) is 45.1 Å².